The van der Waals surface area contributed by atoms with Gasteiger partial charge in [0.2, 0.25) is 5.95 Å². The van der Waals surface area contributed by atoms with Crippen LogP contribution in [-0.4, -0.2) is 48.7 Å². The van der Waals surface area contributed by atoms with Gasteiger partial charge in [0.25, 0.3) is 0 Å². The van der Waals surface area contributed by atoms with Crippen molar-refractivity contribution in [2.45, 2.75) is 26.1 Å². The molecule has 0 atom stereocenters. The maximum atomic E-state index is 11.9. The quantitative estimate of drug-likeness (QED) is 0.673. The van der Waals surface area contributed by atoms with Crippen LogP contribution in [0.5, 0.6) is 0 Å². The molecule has 0 aliphatic rings. The number of hydrogen-bond donors (Lipinski definition) is 1. The fourth-order valence-corrected chi connectivity index (χ4v) is 1.53. The second kappa shape index (κ2) is 8.80. The Balaban J connectivity index is 2.21. The average molecular weight is 295 g/mol. The van der Waals surface area contributed by atoms with Gasteiger partial charge in [0.05, 0.1) is 6.61 Å². The van der Waals surface area contributed by atoms with Crippen molar-refractivity contribution in [1.82, 2.24) is 9.55 Å². The molecule has 1 N–H and O–H groups in total. The largest absolute Gasteiger partial charge is 0.411 e. The summed E-state index contributed by atoms with van der Waals surface area (Å²) in [4.78, 5) is 4.09. The first-order chi connectivity index (χ1) is 9.53. The summed E-state index contributed by atoms with van der Waals surface area (Å²) in [6.45, 7) is 3.07. The standard InChI is InChI=1S/C12H20F3N3O2/c1-2-19-8-3-4-16-11-17-5-6-18(11)7-9-20-10-12(13,14)15/h5-6H,2-4,7-10H2,1H3,(H,16,17). The fraction of sp³-hybridized carbons (Fsp3) is 0.750. The molecular formula is C12H20F3N3O2. The molecule has 0 spiro atoms. The number of aromatic nitrogens is 2. The van der Waals surface area contributed by atoms with E-state index in [1.807, 2.05) is 6.92 Å². The molecule has 0 fully saturated rings. The van der Waals surface area contributed by atoms with Crippen molar-refractivity contribution < 1.29 is 22.6 Å². The van der Waals surface area contributed by atoms with Gasteiger partial charge in [-0.15, -0.1) is 0 Å². The molecule has 0 amide bonds. The van der Waals surface area contributed by atoms with Crippen LogP contribution in [0.2, 0.25) is 0 Å². The Labute approximate surface area is 116 Å². The van der Waals surface area contributed by atoms with Gasteiger partial charge in [0, 0.05) is 38.7 Å². The van der Waals surface area contributed by atoms with Crippen LogP contribution in [0, 0.1) is 0 Å². The SMILES string of the molecule is CCOCCCNc1nccn1CCOCC(F)(F)F. The zero-order valence-corrected chi connectivity index (χ0v) is 11.4. The lowest BCUT2D eigenvalue weighted by atomic mass is 10.4. The molecule has 1 heterocycles. The van der Waals surface area contributed by atoms with E-state index in [2.05, 4.69) is 15.0 Å². The Kier molecular flexibility index (Phi) is 7.38. The molecule has 5 nitrogen and oxygen atoms in total. The number of halogens is 3. The summed E-state index contributed by atoms with van der Waals surface area (Å²) in [5.41, 5.74) is 0. The Hall–Kier alpha value is -1.28. The van der Waals surface area contributed by atoms with Crippen LogP contribution in [-0.2, 0) is 16.0 Å². The summed E-state index contributed by atoms with van der Waals surface area (Å²) < 4.78 is 47.2. The number of imidazole rings is 1. The van der Waals surface area contributed by atoms with Gasteiger partial charge in [0.15, 0.2) is 0 Å². The number of nitrogens with zero attached hydrogens (tertiary/aromatic N) is 2. The third-order valence-corrected chi connectivity index (χ3v) is 2.41. The van der Waals surface area contributed by atoms with Crippen LogP contribution in [0.4, 0.5) is 19.1 Å². The van der Waals surface area contributed by atoms with Crippen LogP contribution in [0.1, 0.15) is 13.3 Å². The minimum atomic E-state index is -4.28. The second-order valence-electron chi connectivity index (χ2n) is 4.09. The Morgan fingerprint density at radius 3 is 2.80 bits per heavy atom. The van der Waals surface area contributed by atoms with E-state index in [1.54, 1.807) is 17.0 Å². The van der Waals surface area contributed by atoms with Gasteiger partial charge in [0.1, 0.15) is 6.61 Å². The summed E-state index contributed by atoms with van der Waals surface area (Å²) in [5, 5.41) is 3.10. The normalized spacial score (nSPS) is 11.8. The molecular weight excluding hydrogens is 275 g/mol. The molecule has 0 aliphatic heterocycles. The van der Waals surface area contributed by atoms with E-state index in [4.69, 9.17) is 4.74 Å². The summed E-state index contributed by atoms with van der Waals surface area (Å²) in [7, 11) is 0. The highest BCUT2D eigenvalue weighted by Gasteiger charge is 2.27. The van der Waals surface area contributed by atoms with E-state index in [9.17, 15) is 13.2 Å². The first-order valence-electron chi connectivity index (χ1n) is 6.50. The number of ether oxygens (including phenoxy) is 2. The van der Waals surface area contributed by atoms with E-state index in [0.717, 1.165) is 6.42 Å². The highest BCUT2D eigenvalue weighted by molar-refractivity contribution is 5.25. The summed E-state index contributed by atoms with van der Waals surface area (Å²) >= 11 is 0. The molecule has 0 aliphatic carbocycles. The van der Waals surface area contributed by atoms with Crippen molar-refractivity contribution in [1.29, 1.82) is 0 Å². The third-order valence-electron chi connectivity index (χ3n) is 2.41. The first-order valence-corrected chi connectivity index (χ1v) is 6.50. The smallest absolute Gasteiger partial charge is 0.382 e. The minimum absolute atomic E-state index is 0.0104. The number of alkyl halides is 3. The summed E-state index contributed by atoms with van der Waals surface area (Å²) in [6, 6.07) is 0. The molecule has 0 bridgehead atoms. The van der Waals surface area contributed by atoms with Crippen molar-refractivity contribution in [2.75, 3.05) is 38.3 Å². The van der Waals surface area contributed by atoms with Gasteiger partial charge in [-0.3, -0.25) is 0 Å². The van der Waals surface area contributed by atoms with Crippen LogP contribution < -0.4 is 5.32 Å². The fourth-order valence-electron chi connectivity index (χ4n) is 1.53. The Morgan fingerprint density at radius 1 is 1.30 bits per heavy atom. The lowest BCUT2D eigenvalue weighted by Crippen LogP contribution is -2.19. The van der Waals surface area contributed by atoms with Gasteiger partial charge in [-0.25, -0.2) is 4.98 Å². The molecule has 0 saturated carbocycles. The molecule has 1 aromatic heterocycles. The van der Waals surface area contributed by atoms with E-state index in [0.29, 0.717) is 32.3 Å². The molecule has 8 heteroatoms. The van der Waals surface area contributed by atoms with Crippen molar-refractivity contribution in [3.63, 3.8) is 0 Å². The van der Waals surface area contributed by atoms with Crippen molar-refractivity contribution in [3.05, 3.63) is 12.4 Å². The van der Waals surface area contributed by atoms with E-state index in [-0.39, 0.29) is 6.61 Å². The highest BCUT2D eigenvalue weighted by atomic mass is 19.4. The van der Waals surface area contributed by atoms with E-state index < -0.39 is 12.8 Å². The van der Waals surface area contributed by atoms with Gasteiger partial charge < -0.3 is 19.4 Å². The maximum Gasteiger partial charge on any atom is 0.411 e. The van der Waals surface area contributed by atoms with Gasteiger partial charge in [-0.1, -0.05) is 0 Å². The van der Waals surface area contributed by atoms with Gasteiger partial charge >= 0.3 is 6.18 Å². The molecule has 0 saturated heterocycles. The number of hydrogen-bond acceptors (Lipinski definition) is 4. The third kappa shape index (κ3) is 7.34. The van der Waals surface area contributed by atoms with Gasteiger partial charge in [-0.05, 0) is 13.3 Å². The molecule has 1 aromatic rings. The van der Waals surface area contributed by atoms with Crippen molar-refractivity contribution in [3.8, 4) is 0 Å². The minimum Gasteiger partial charge on any atom is -0.382 e. The first kappa shape index (κ1) is 16.8. The highest BCUT2D eigenvalue weighted by Crippen LogP contribution is 2.14. The van der Waals surface area contributed by atoms with Crippen LogP contribution in [0.15, 0.2) is 12.4 Å². The molecule has 20 heavy (non-hydrogen) atoms. The number of anilines is 1. The zero-order chi connectivity index (χ0) is 14.8. The number of nitrogens with one attached hydrogen (secondary N) is 1. The molecule has 116 valence electrons. The molecule has 0 aromatic carbocycles. The Morgan fingerprint density at radius 2 is 2.10 bits per heavy atom. The topological polar surface area (TPSA) is 48.3 Å². The van der Waals surface area contributed by atoms with Crippen molar-refractivity contribution >= 4 is 5.95 Å². The monoisotopic (exact) mass is 295 g/mol. The van der Waals surface area contributed by atoms with Crippen molar-refractivity contribution in [2.24, 2.45) is 0 Å². The zero-order valence-electron chi connectivity index (χ0n) is 11.4. The second-order valence-corrected chi connectivity index (χ2v) is 4.09. The predicted molar refractivity (Wildman–Crippen MR) is 68.7 cm³/mol. The van der Waals surface area contributed by atoms with E-state index in [1.165, 1.54) is 0 Å². The lowest BCUT2D eigenvalue weighted by molar-refractivity contribution is -0.174. The van der Waals surface area contributed by atoms with Gasteiger partial charge in [-0.2, -0.15) is 13.2 Å². The predicted octanol–water partition coefficient (Wildman–Crippen LogP) is 2.30. The summed E-state index contributed by atoms with van der Waals surface area (Å²) in [5.74, 6) is 0.622. The van der Waals surface area contributed by atoms with E-state index >= 15 is 0 Å². The van der Waals surface area contributed by atoms with Crippen LogP contribution in [0.25, 0.3) is 0 Å². The average Bonchev–Trinajstić information content (AvgIpc) is 2.81. The Bertz CT molecular complexity index is 369. The molecule has 0 unspecified atom stereocenters. The molecule has 1 rings (SSSR count). The number of rotatable bonds is 10. The van der Waals surface area contributed by atoms with Crippen LogP contribution in [0.3, 0.4) is 0 Å². The molecule has 0 radical (unpaired) electrons. The van der Waals surface area contributed by atoms with Crippen LogP contribution >= 0.6 is 0 Å². The maximum absolute atomic E-state index is 11.9. The summed E-state index contributed by atoms with van der Waals surface area (Å²) in [6.07, 6.45) is -0.156. The lowest BCUT2D eigenvalue weighted by Gasteiger charge is -2.11.